The van der Waals surface area contributed by atoms with E-state index in [1.807, 2.05) is 13.1 Å². The minimum atomic E-state index is -0.365. The van der Waals surface area contributed by atoms with Gasteiger partial charge in [0.1, 0.15) is 13.2 Å². The second kappa shape index (κ2) is 6.05. The molecule has 0 fully saturated rings. The fraction of sp³-hybridized carbons (Fsp3) is 0.308. The monoisotopic (exact) mass is 250 g/mol. The molecule has 18 heavy (non-hydrogen) atoms. The maximum Gasteiger partial charge on any atom is 0.165 e. The summed E-state index contributed by atoms with van der Waals surface area (Å²) in [6, 6.07) is 6.30. The van der Waals surface area contributed by atoms with E-state index in [1.54, 1.807) is 29.1 Å². The van der Waals surface area contributed by atoms with Crippen molar-refractivity contribution in [1.29, 1.82) is 0 Å². The van der Waals surface area contributed by atoms with Gasteiger partial charge in [-0.05, 0) is 19.1 Å². The van der Waals surface area contributed by atoms with Crippen LogP contribution in [-0.4, -0.2) is 23.0 Å². The first-order chi connectivity index (χ1) is 8.79. The molecular weight excluding hydrogens is 235 g/mol. The van der Waals surface area contributed by atoms with Crippen molar-refractivity contribution >= 4 is 0 Å². The molecule has 0 atom stereocenters. The fourth-order valence-corrected chi connectivity index (χ4v) is 1.47. The Morgan fingerprint density at radius 1 is 1.22 bits per heavy atom. The van der Waals surface area contributed by atoms with E-state index in [9.17, 15) is 4.39 Å². The number of aromatic nitrogens is 2. The fourth-order valence-electron chi connectivity index (χ4n) is 1.47. The molecule has 0 amide bonds. The number of aryl methyl sites for hydroxylation is 1. The zero-order valence-electron chi connectivity index (χ0n) is 10.2. The average Bonchev–Trinajstić information content (AvgIpc) is 2.84. The van der Waals surface area contributed by atoms with Crippen molar-refractivity contribution in [2.75, 3.05) is 13.2 Å². The van der Waals surface area contributed by atoms with Gasteiger partial charge in [-0.2, -0.15) is 5.10 Å². The smallest absolute Gasteiger partial charge is 0.165 e. The number of para-hydroxylation sites is 1. The zero-order valence-corrected chi connectivity index (χ0v) is 10.2. The quantitative estimate of drug-likeness (QED) is 0.739. The van der Waals surface area contributed by atoms with Crippen LogP contribution in [0.1, 0.15) is 6.92 Å². The molecule has 0 aliphatic heterocycles. The van der Waals surface area contributed by atoms with Gasteiger partial charge in [0, 0.05) is 6.54 Å². The predicted octanol–water partition coefficient (Wildman–Crippen LogP) is 2.50. The van der Waals surface area contributed by atoms with E-state index in [2.05, 4.69) is 5.10 Å². The normalized spacial score (nSPS) is 10.3. The minimum absolute atomic E-state index is 0.241. The molecule has 0 bridgehead atoms. The maximum atomic E-state index is 13.2. The lowest BCUT2D eigenvalue weighted by Crippen LogP contribution is -2.09. The van der Waals surface area contributed by atoms with Crippen LogP contribution in [0.5, 0.6) is 11.5 Å². The molecule has 0 saturated heterocycles. The van der Waals surface area contributed by atoms with Gasteiger partial charge in [-0.3, -0.25) is 4.68 Å². The summed E-state index contributed by atoms with van der Waals surface area (Å²) in [5.41, 5.74) is 0. The van der Waals surface area contributed by atoms with Gasteiger partial charge in [-0.15, -0.1) is 0 Å². The highest BCUT2D eigenvalue weighted by Gasteiger charge is 2.02. The maximum absolute atomic E-state index is 13.2. The molecule has 1 aromatic heterocycles. The molecule has 0 N–H and O–H groups in total. The zero-order chi connectivity index (χ0) is 12.8. The largest absolute Gasteiger partial charge is 0.487 e. The van der Waals surface area contributed by atoms with Gasteiger partial charge in [0.2, 0.25) is 0 Å². The molecule has 5 heteroatoms. The summed E-state index contributed by atoms with van der Waals surface area (Å²) < 4.78 is 25.7. The SMILES string of the molecule is CCn1cc(OCCOc2ccccc2F)cn1. The number of hydrogen-bond acceptors (Lipinski definition) is 3. The molecule has 96 valence electrons. The summed E-state index contributed by atoms with van der Waals surface area (Å²) in [4.78, 5) is 0. The first-order valence-electron chi connectivity index (χ1n) is 5.82. The molecule has 0 radical (unpaired) electrons. The van der Waals surface area contributed by atoms with E-state index >= 15 is 0 Å². The third-order valence-electron chi connectivity index (χ3n) is 2.38. The molecule has 4 nitrogen and oxygen atoms in total. The van der Waals surface area contributed by atoms with Gasteiger partial charge in [0.05, 0.1) is 12.4 Å². The van der Waals surface area contributed by atoms with Gasteiger partial charge >= 0.3 is 0 Å². The Hall–Kier alpha value is -2.04. The summed E-state index contributed by atoms with van der Waals surface area (Å²) in [6.07, 6.45) is 3.45. The van der Waals surface area contributed by atoms with Crippen LogP contribution < -0.4 is 9.47 Å². The van der Waals surface area contributed by atoms with Crippen LogP contribution in [0.25, 0.3) is 0 Å². The van der Waals surface area contributed by atoms with E-state index in [4.69, 9.17) is 9.47 Å². The molecule has 2 aromatic rings. The van der Waals surface area contributed by atoms with E-state index in [-0.39, 0.29) is 18.2 Å². The van der Waals surface area contributed by atoms with Crippen LogP contribution in [0.4, 0.5) is 4.39 Å². The highest BCUT2D eigenvalue weighted by Crippen LogP contribution is 2.15. The van der Waals surface area contributed by atoms with Crippen molar-refractivity contribution in [2.45, 2.75) is 13.5 Å². The van der Waals surface area contributed by atoms with Gasteiger partial charge in [-0.1, -0.05) is 12.1 Å². The third-order valence-corrected chi connectivity index (χ3v) is 2.38. The lowest BCUT2D eigenvalue weighted by molar-refractivity contribution is 0.211. The molecule has 2 rings (SSSR count). The van der Waals surface area contributed by atoms with Gasteiger partial charge in [0.15, 0.2) is 17.3 Å². The molecule has 0 saturated carbocycles. The van der Waals surface area contributed by atoms with Gasteiger partial charge in [-0.25, -0.2) is 4.39 Å². The molecule has 1 heterocycles. The third kappa shape index (κ3) is 3.23. The average molecular weight is 250 g/mol. The summed E-state index contributed by atoms with van der Waals surface area (Å²) in [5.74, 6) is 0.565. The highest BCUT2D eigenvalue weighted by molar-refractivity contribution is 5.23. The Morgan fingerprint density at radius 2 is 2.00 bits per heavy atom. The van der Waals surface area contributed by atoms with Crippen LogP contribution in [0.2, 0.25) is 0 Å². The lowest BCUT2D eigenvalue weighted by atomic mass is 10.3. The van der Waals surface area contributed by atoms with Crippen molar-refractivity contribution in [2.24, 2.45) is 0 Å². The Kier molecular flexibility index (Phi) is 4.17. The summed E-state index contributed by atoms with van der Waals surface area (Å²) in [5, 5.41) is 4.08. The first-order valence-corrected chi connectivity index (χ1v) is 5.82. The Labute approximate surface area is 105 Å². The van der Waals surface area contributed by atoms with Crippen LogP contribution >= 0.6 is 0 Å². The van der Waals surface area contributed by atoms with Crippen molar-refractivity contribution in [3.05, 3.63) is 42.5 Å². The molecule has 1 aromatic carbocycles. The number of hydrogen-bond donors (Lipinski definition) is 0. The molecular formula is C13H15FN2O2. The topological polar surface area (TPSA) is 36.3 Å². The van der Waals surface area contributed by atoms with Crippen LogP contribution in [0.15, 0.2) is 36.7 Å². The highest BCUT2D eigenvalue weighted by atomic mass is 19.1. The molecule has 0 unspecified atom stereocenters. The summed E-state index contributed by atoms with van der Waals surface area (Å²) in [7, 11) is 0. The molecule has 0 aliphatic carbocycles. The predicted molar refractivity (Wildman–Crippen MR) is 65.3 cm³/mol. The number of benzene rings is 1. The van der Waals surface area contributed by atoms with Crippen molar-refractivity contribution in [1.82, 2.24) is 9.78 Å². The van der Waals surface area contributed by atoms with E-state index in [0.29, 0.717) is 12.4 Å². The van der Waals surface area contributed by atoms with Crippen LogP contribution in [0.3, 0.4) is 0 Å². The summed E-state index contributed by atoms with van der Waals surface area (Å²) >= 11 is 0. The molecule has 0 aliphatic rings. The van der Waals surface area contributed by atoms with Crippen LogP contribution in [-0.2, 0) is 6.54 Å². The second-order valence-electron chi connectivity index (χ2n) is 3.66. The molecule has 0 spiro atoms. The van der Waals surface area contributed by atoms with Gasteiger partial charge < -0.3 is 9.47 Å². The number of nitrogens with zero attached hydrogens (tertiary/aromatic N) is 2. The summed E-state index contributed by atoms with van der Waals surface area (Å²) in [6.45, 7) is 3.44. The number of rotatable bonds is 6. The van der Waals surface area contributed by atoms with Crippen molar-refractivity contribution in [3.63, 3.8) is 0 Å². The first kappa shape index (κ1) is 12.4. The van der Waals surface area contributed by atoms with Crippen molar-refractivity contribution < 1.29 is 13.9 Å². The minimum Gasteiger partial charge on any atom is -0.487 e. The van der Waals surface area contributed by atoms with E-state index < -0.39 is 0 Å². The van der Waals surface area contributed by atoms with Crippen molar-refractivity contribution in [3.8, 4) is 11.5 Å². The second-order valence-corrected chi connectivity index (χ2v) is 3.66. The van der Waals surface area contributed by atoms with E-state index in [1.165, 1.54) is 6.07 Å². The lowest BCUT2D eigenvalue weighted by Gasteiger charge is -2.07. The standard InChI is InChI=1S/C13H15FN2O2/c1-2-16-10-11(9-15-16)17-7-8-18-13-6-4-3-5-12(13)14/h3-6,9-10H,2,7-8H2,1H3. The number of ether oxygens (including phenoxy) is 2. The van der Waals surface area contributed by atoms with Crippen LogP contribution in [0, 0.1) is 5.82 Å². The van der Waals surface area contributed by atoms with E-state index in [0.717, 1.165) is 6.54 Å². The van der Waals surface area contributed by atoms with Gasteiger partial charge in [0.25, 0.3) is 0 Å². The Balaban J connectivity index is 1.74. The number of halogens is 1. The Bertz CT molecular complexity index is 499. The Morgan fingerprint density at radius 3 is 2.72 bits per heavy atom.